The van der Waals surface area contributed by atoms with Crippen LogP contribution in [-0.4, -0.2) is 29.4 Å². The second-order valence-corrected chi connectivity index (χ2v) is 4.42. The summed E-state index contributed by atoms with van der Waals surface area (Å²) >= 11 is 1.34. The summed E-state index contributed by atoms with van der Waals surface area (Å²) in [5, 5.41) is 23.0. The number of thioether (sulfide) groups is 1. The van der Waals surface area contributed by atoms with E-state index in [4.69, 9.17) is 11.1 Å². The van der Waals surface area contributed by atoms with Gasteiger partial charge in [-0.15, -0.1) is 0 Å². The summed E-state index contributed by atoms with van der Waals surface area (Å²) in [4.78, 5) is 9.72. The van der Waals surface area contributed by atoms with Crippen molar-refractivity contribution in [2.45, 2.75) is 19.3 Å². The van der Waals surface area contributed by atoms with Crippen LogP contribution in [0.15, 0.2) is 12.0 Å². The van der Waals surface area contributed by atoms with Crippen LogP contribution in [0.3, 0.4) is 0 Å². The van der Waals surface area contributed by atoms with Crippen LogP contribution >= 0.6 is 11.8 Å². The molecule has 98 valence electrons. The third kappa shape index (κ3) is 10.8. The molecule has 0 aliphatic heterocycles. The van der Waals surface area contributed by atoms with Gasteiger partial charge < -0.3 is 16.4 Å². The van der Waals surface area contributed by atoms with Gasteiger partial charge in [0.1, 0.15) is 0 Å². The van der Waals surface area contributed by atoms with Crippen LogP contribution in [0, 0.1) is 15.5 Å². The van der Waals surface area contributed by atoms with Crippen molar-refractivity contribution in [2.75, 3.05) is 19.3 Å². The van der Waals surface area contributed by atoms with Crippen molar-refractivity contribution in [1.82, 2.24) is 10.6 Å². The number of nitrogens with one attached hydrogen (secondary N) is 3. The molecule has 5 N–H and O–H groups in total. The van der Waals surface area contributed by atoms with E-state index in [1.165, 1.54) is 11.8 Å². The quantitative estimate of drug-likeness (QED) is 0.159. The van der Waals surface area contributed by atoms with Crippen LogP contribution < -0.4 is 16.4 Å². The van der Waals surface area contributed by atoms with Crippen molar-refractivity contribution in [3.63, 3.8) is 0 Å². The molecule has 0 saturated heterocycles. The van der Waals surface area contributed by atoms with Crippen molar-refractivity contribution < 1.29 is 4.92 Å². The Bertz CT molecular complexity index is 283. The Kier molecular flexibility index (Phi) is 8.94. The molecule has 0 fully saturated rings. The Labute approximate surface area is 105 Å². The summed E-state index contributed by atoms with van der Waals surface area (Å²) < 4.78 is 0. The van der Waals surface area contributed by atoms with Gasteiger partial charge in [0.2, 0.25) is 0 Å². The van der Waals surface area contributed by atoms with E-state index in [9.17, 15) is 10.1 Å². The first kappa shape index (κ1) is 15.6. The van der Waals surface area contributed by atoms with Gasteiger partial charge in [0.15, 0.2) is 11.0 Å². The molecule has 0 rings (SSSR count). The van der Waals surface area contributed by atoms with Crippen LogP contribution in [0.4, 0.5) is 0 Å². The van der Waals surface area contributed by atoms with Gasteiger partial charge in [-0.3, -0.25) is 15.5 Å². The molecule has 8 heteroatoms. The molecule has 0 aromatic heterocycles. The number of nitrogens with zero attached hydrogens (tertiary/aromatic N) is 1. The molecule has 0 aromatic rings. The number of hydrogen-bond acceptors (Lipinski definition) is 6. The fourth-order valence-electron chi connectivity index (χ4n) is 1.11. The summed E-state index contributed by atoms with van der Waals surface area (Å²) in [7, 11) is 1.63. The normalized spacial score (nSPS) is 11.0. The average Bonchev–Trinajstić information content (AvgIpc) is 2.25. The first-order valence-corrected chi connectivity index (χ1v) is 6.28. The zero-order chi connectivity index (χ0) is 13.1. The number of unbranched alkanes of at least 4 members (excludes halogenated alkanes) is 2. The maximum absolute atomic E-state index is 10.2. The highest BCUT2D eigenvalue weighted by molar-refractivity contribution is 8.13. The fourth-order valence-corrected chi connectivity index (χ4v) is 1.68. The van der Waals surface area contributed by atoms with Gasteiger partial charge in [-0.2, -0.15) is 0 Å². The Balaban J connectivity index is 3.50. The van der Waals surface area contributed by atoms with Gasteiger partial charge in [0.05, 0.1) is 4.92 Å². The molecule has 0 bridgehead atoms. The van der Waals surface area contributed by atoms with Crippen LogP contribution in [0.25, 0.3) is 0 Å². The molecule has 0 heterocycles. The Hall–Kier alpha value is -1.44. The molecule has 0 unspecified atom stereocenters. The minimum atomic E-state index is -0.498. The topological polar surface area (TPSA) is 117 Å². The van der Waals surface area contributed by atoms with Crippen LogP contribution in [0.2, 0.25) is 0 Å². The third-order valence-electron chi connectivity index (χ3n) is 1.90. The molecule has 0 aromatic carbocycles. The first-order valence-electron chi connectivity index (χ1n) is 5.30. The molecule has 0 atom stereocenters. The van der Waals surface area contributed by atoms with Gasteiger partial charge in [-0.05, 0) is 12.8 Å². The van der Waals surface area contributed by atoms with E-state index >= 15 is 0 Å². The number of nitro groups is 1. The summed E-state index contributed by atoms with van der Waals surface area (Å²) in [6.45, 7) is 0.686. The summed E-state index contributed by atoms with van der Waals surface area (Å²) in [6, 6.07) is 0. The monoisotopic (exact) mass is 261 g/mol. The van der Waals surface area contributed by atoms with E-state index < -0.39 is 4.92 Å². The lowest BCUT2D eigenvalue weighted by molar-refractivity contribution is -0.404. The predicted octanol–water partition coefficient (Wildman–Crippen LogP) is 0.668. The van der Waals surface area contributed by atoms with E-state index in [0.717, 1.165) is 31.2 Å². The number of hydrogen-bond donors (Lipinski definition) is 4. The second kappa shape index (κ2) is 9.76. The minimum Gasteiger partial charge on any atom is -0.379 e. The van der Waals surface area contributed by atoms with Crippen molar-refractivity contribution in [2.24, 2.45) is 5.73 Å². The van der Waals surface area contributed by atoms with E-state index in [0.29, 0.717) is 12.4 Å². The Morgan fingerprint density at radius 3 is 2.76 bits per heavy atom. The summed E-state index contributed by atoms with van der Waals surface area (Å²) in [5.41, 5.74) is 5.19. The second-order valence-electron chi connectivity index (χ2n) is 3.28. The molecule has 0 aliphatic rings. The van der Waals surface area contributed by atoms with Gasteiger partial charge in [0.25, 0.3) is 6.20 Å². The molecule has 7 nitrogen and oxygen atoms in total. The molecular weight excluding hydrogens is 242 g/mol. The lowest BCUT2D eigenvalue weighted by Gasteiger charge is -2.07. The fraction of sp³-hybridized carbons (Fsp3) is 0.667. The van der Waals surface area contributed by atoms with E-state index in [1.54, 1.807) is 7.05 Å². The predicted molar refractivity (Wildman–Crippen MR) is 70.4 cm³/mol. The molecule has 0 saturated carbocycles. The SMILES string of the molecule is CN/C(=C\[N+](=O)[O-])NCCCCCSC(=N)N. The van der Waals surface area contributed by atoms with Crippen molar-refractivity contribution >= 4 is 16.9 Å². The minimum absolute atomic E-state index is 0.148. The maximum atomic E-state index is 10.2. The largest absolute Gasteiger partial charge is 0.379 e. The van der Waals surface area contributed by atoms with Crippen LogP contribution in [0.1, 0.15) is 19.3 Å². The van der Waals surface area contributed by atoms with Gasteiger partial charge in [-0.25, -0.2) is 0 Å². The number of nitrogens with two attached hydrogens (primary N) is 1. The molecule has 0 aliphatic carbocycles. The van der Waals surface area contributed by atoms with Crippen molar-refractivity contribution in [3.8, 4) is 0 Å². The highest BCUT2D eigenvalue weighted by atomic mass is 32.2. The third-order valence-corrected chi connectivity index (χ3v) is 2.70. The zero-order valence-electron chi connectivity index (χ0n) is 9.86. The lowest BCUT2D eigenvalue weighted by Crippen LogP contribution is -2.25. The van der Waals surface area contributed by atoms with Crippen LogP contribution in [0.5, 0.6) is 0 Å². The van der Waals surface area contributed by atoms with Crippen molar-refractivity contribution in [1.29, 1.82) is 5.41 Å². The van der Waals surface area contributed by atoms with E-state index in [1.807, 2.05) is 0 Å². The van der Waals surface area contributed by atoms with E-state index in [2.05, 4.69) is 10.6 Å². The highest BCUT2D eigenvalue weighted by Gasteiger charge is 1.99. The summed E-state index contributed by atoms with van der Waals surface area (Å²) in [5.74, 6) is 1.26. The standard InChI is InChI=1S/C9H19N5O2S/c1-12-8(7-14(15)16)13-5-3-2-4-6-17-9(10)11/h7,12-13H,2-6H2,1H3,(H3,10,11)/b8-7+. The molecule has 0 spiro atoms. The number of rotatable bonds is 9. The zero-order valence-corrected chi connectivity index (χ0v) is 10.7. The lowest BCUT2D eigenvalue weighted by atomic mass is 10.2. The molecule has 0 radical (unpaired) electrons. The average molecular weight is 261 g/mol. The summed E-state index contributed by atoms with van der Waals surface area (Å²) in [6.07, 6.45) is 3.82. The first-order chi connectivity index (χ1) is 8.06. The molecule has 0 amide bonds. The van der Waals surface area contributed by atoms with Gasteiger partial charge in [0, 0.05) is 19.3 Å². The van der Waals surface area contributed by atoms with Gasteiger partial charge in [-0.1, -0.05) is 18.2 Å². The molecule has 17 heavy (non-hydrogen) atoms. The van der Waals surface area contributed by atoms with Crippen LogP contribution in [-0.2, 0) is 0 Å². The smallest absolute Gasteiger partial charge is 0.274 e. The molecular formula is C9H19N5O2S. The maximum Gasteiger partial charge on any atom is 0.274 e. The van der Waals surface area contributed by atoms with E-state index in [-0.39, 0.29) is 5.17 Å². The Morgan fingerprint density at radius 2 is 2.24 bits per heavy atom. The van der Waals surface area contributed by atoms with Gasteiger partial charge >= 0.3 is 0 Å². The van der Waals surface area contributed by atoms with Crippen molar-refractivity contribution in [3.05, 3.63) is 22.1 Å². The number of amidine groups is 1. The Morgan fingerprint density at radius 1 is 1.53 bits per heavy atom. The highest BCUT2D eigenvalue weighted by Crippen LogP contribution is 2.04.